The molecular weight excluding hydrogens is 698 g/mol. The molecule has 0 saturated heterocycles. The van der Waals surface area contributed by atoms with E-state index in [2.05, 4.69) is 81.1 Å². The molecule has 0 radical (unpaired) electrons. The van der Waals surface area contributed by atoms with Crippen LogP contribution in [0.3, 0.4) is 0 Å². The minimum absolute atomic E-state index is 0.340. The standard InChI is InChI=1S/C46H36FN9/c1-48-40-29-36(54(32-15-7-3-8-16-32)33-17-9-4-10-18-33)23-25-38(40)44-50-42-27-31(47)28-43-51-45(53-46(52-44)56(42)43)39-26-24-37(30-41(39)49-2)55(34-19-11-5-12-20-34)35-21-13-6-14-22-35/h3-30,48-49H,1-2H3. The van der Waals surface area contributed by atoms with Gasteiger partial charge in [-0.2, -0.15) is 9.98 Å². The van der Waals surface area contributed by atoms with Crippen LogP contribution in [0.5, 0.6) is 0 Å². The van der Waals surface area contributed by atoms with Crippen molar-refractivity contribution in [2.24, 2.45) is 20.0 Å². The lowest BCUT2D eigenvalue weighted by atomic mass is 10.1. The molecule has 0 fully saturated rings. The van der Waals surface area contributed by atoms with Gasteiger partial charge in [0.2, 0.25) is 5.96 Å². The van der Waals surface area contributed by atoms with E-state index in [1.165, 1.54) is 12.2 Å². The average molecular weight is 734 g/mol. The van der Waals surface area contributed by atoms with Crippen molar-refractivity contribution in [1.82, 2.24) is 4.90 Å². The number of hydrogen-bond donors (Lipinski definition) is 2. The van der Waals surface area contributed by atoms with Gasteiger partial charge >= 0.3 is 0 Å². The Kier molecular flexibility index (Phi) is 8.96. The SMILES string of the molecule is CNc1cc(N(c2ccccc2)c2ccccc2)ccc1C1=NC2=CC(F)=CC3=NC(c4ccc(N(c5ccccc5)c5ccccc5)cc4NC)=NC(=N1)N23. The minimum Gasteiger partial charge on any atom is -0.387 e. The molecule has 0 bridgehead atoms. The Bertz CT molecular complexity index is 2400. The molecule has 0 unspecified atom stereocenters. The fourth-order valence-electron chi connectivity index (χ4n) is 7.08. The van der Waals surface area contributed by atoms with Gasteiger partial charge in [0.05, 0.1) is 0 Å². The first kappa shape index (κ1) is 34.2. The van der Waals surface area contributed by atoms with Gasteiger partial charge in [-0.3, -0.25) is 0 Å². The highest BCUT2D eigenvalue weighted by atomic mass is 19.1. The van der Waals surface area contributed by atoms with Gasteiger partial charge in [-0.1, -0.05) is 72.8 Å². The summed E-state index contributed by atoms with van der Waals surface area (Å²) >= 11 is 0. The molecule has 3 aliphatic rings. The van der Waals surface area contributed by atoms with Crippen molar-refractivity contribution in [3.8, 4) is 0 Å². The number of hydrogen-bond acceptors (Lipinski definition) is 9. The fourth-order valence-corrected chi connectivity index (χ4v) is 7.08. The first-order chi connectivity index (χ1) is 27.6. The lowest BCUT2D eigenvalue weighted by molar-refractivity contribution is 0.631. The molecule has 3 aliphatic heterocycles. The molecule has 9 nitrogen and oxygen atoms in total. The molecule has 56 heavy (non-hydrogen) atoms. The number of para-hydroxylation sites is 4. The van der Waals surface area contributed by atoms with Crippen LogP contribution in [0.4, 0.5) is 49.9 Å². The summed E-state index contributed by atoms with van der Waals surface area (Å²) in [6.45, 7) is 0. The Labute approximate surface area is 324 Å². The quantitative estimate of drug-likeness (QED) is 0.146. The van der Waals surface area contributed by atoms with Crippen LogP contribution in [0, 0.1) is 0 Å². The third-order valence-electron chi connectivity index (χ3n) is 9.65. The van der Waals surface area contributed by atoms with Gasteiger partial charge in [0.25, 0.3) is 0 Å². The summed E-state index contributed by atoms with van der Waals surface area (Å²) in [4.78, 5) is 25.7. The van der Waals surface area contributed by atoms with Crippen molar-refractivity contribution >= 4 is 69.0 Å². The highest BCUT2D eigenvalue weighted by Crippen LogP contribution is 2.39. The predicted octanol–water partition coefficient (Wildman–Crippen LogP) is 10.7. The summed E-state index contributed by atoms with van der Waals surface area (Å²) in [6, 6.07) is 53.0. The van der Waals surface area contributed by atoms with Crippen LogP contribution in [0.25, 0.3) is 0 Å². The molecule has 6 aromatic rings. The van der Waals surface area contributed by atoms with Crippen LogP contribution >= 0.6 is 0 Å². The van der Waals surface area contributed by atoms with Crippen molar-refractivity contribution in [3.05, 3.63) is 193 Å². The fraction of sp³-hybridized carbons (Fsp3) is 0.0435. The Balaban J connectivity index is 1.11. The second kappa shape index (κ2) is 14.7. The number of allylic oxidation sites excluding steroid dienone is 2. The van der Waals surface area contributed by atoms with E-state index in [9.17, 15) is 0 Å². The van der Waals surface area contributed by atoms with Crippen molar-refractivity contribution in [3.63, 3.8) is 0 Å². The molecule has 6 aromatic carbocycles. The number of benzene rings is 6. The maximum Gasteiger partial charge on any atom is 0.241 e. The van der Waals surface area contributed by atoms with Crippen LogP contribution < -0.4 is 20.4 Å². The molecule has 9 rings (SSSR count). The van der Waals surface area contributed by atoms with E-state index in [0.717, 1.165) is 56.6 Å². The third-order valence-corrected chi connectivity index (χ3v) is 9.65. The third kappa shape index (κ3) is 6.39. The molecule has 0 aliphatic carbocycles. The van der Waals surface area contributed by atoms with Gasteiger partial charge in [-0.15, -0.1) is 0 Å². The molecule has 10 heteroatoms. The Morgan fingerprint density at radius 3 is 1.32 bits per heavy atom. The molecule has 3 heterocycles. The number of anilines is 8. The van der Waals surface area contributed by atoms with Crippen LogP contribution in [-0.4, -0.2) is 42.5 Å². The molecule has 0 atom stereocenters. The highest BCUT2D eigenvalue weighted by Gasteiger charge is 2.34. The normalized spacial score (nSPS) is 14.2. The molecule has 0 aromatic heterocycles. The zero-order valence-electron chi connectivity index (χ0n) is 30.7. The molecule has 272 valence electrons. The molecule has 0 saturated carbocycles. The average Bonchev–Trinajstić information content (AvgIpc) is 3.25. The topological polar surface area (TPSA) is 83.2 Å². The molecule has 0 spiro atoms. The first-order valence-electron chi connectivity index (χ1n) is 18.3. The number of rotatable bonds is 10. The van der Waals surface area contributed by atoms with E-state index >= 15 is 4.39 Å². The van der Waals surface area contributed by atoms with Gasteiger partial charge in [-0.05, 0) is 84.9 Å². The predicted molar refractivity (Wildman–Crippen MR) is 228 cm³/mol. The number of aliphatic imine (C=N–C) groups is 4. The molecular formula is C46H36FN9. The van der Waals surface area contributed by atoms with Gasteiger partial charge in [0, 0.05) is 82.9 Å². The van der Waals surface area contributed by atoms with Crippen molar-refractivity contribution in [2.45, 2.75) is 0 Å². The van der Waals surface area contributed by atoms with E-state index in [4.69, 9.17) is 20.0 Å². The van der Waals surface area contributed by atoms with Crippen LogP contribution in [-0.2, 0) is 0 Å². The number of halogens is 1. The van der Waals surface area contributed by atoms with E-state index < -0.39 is 5.83 Å². The maximum absolute atomic E-state index is 15.3. The molecule has 2 N–H and O–H groups in total. The Hall–Kier alpha value is -7.59. The van der Waals surface area contributed by atoms with E-state index in [1.807, 2.05) is 111 Å². The Morgan fingerprint density at radius 2 is 0.893 bits per heavy atom. The summed E-state index contributed by atoms with van der Waals surface area (Å²) in [6.07, 6.45) is 2.76. The van der Waals surface area contributed by atoms with E-state index in [1.54, 1.807) is 4.90 Å². The van der Waals surface area contributed by atoms with Crippen molar-refractivity contribution in [2.75, 3.05) is 34.5 Å². The summed E-state index contributed by atoms with van der Waals surface area (Å²) < 4.78 is 15.3. The highest BCUT2D eigenvalue weighted by molar-refractivity contribution is 6.26. The van der Waals surface area contributed by atoms with Crippen molar-refractivity contribution < 1.29 is 4.39 Å². The number of amidine groups is 3. The lowest BCUT2D eigenvalue weighted by Gasteiger charge is -2.32. The number of nitrogens with one attached hydrogen (secondary N) is 2. The minimum atomic E-state index is -0.461. The largest absolute Gasteiger partial charge is 0.387 e. The van der Waals surface area contributed by atoms with Crippen LogP contribution in [0.1, 0.15) is 11.1 Å². The summed E-state index contributed by atoms with van der Waals surface area (Å²) in [7, 11) is 3.73. The lowest BCUT2D eigenvalue weighted by Crippen LogP contribution is -2.42. The van der Waals surface area contributed by atoms with Crippen LogP contribution in [0.15, 0.2) is 201 Å². The summed E-state index contributed by atoms with van der Waals surface area (Å²) in [5, 5.41) is 6.70. The molecule has 0 amide bonds. The zero-order valence-corrected chi connectivity index (χ0v) is 30.7. The first-order valence-corrected chi connectivity index (χ1v) is 18.3. The van der Waals surface area contributed by atoms with E-state index in [0.29, 0.717) is 29.3 Å². The summed E-state index contributed by atoms with van der Waals surface area (Å²) in [5.74, 6) is 1.36. The maximum atomic E-state index is 15.3. The van der Waals surface area contributed by atoms with Crippen molar-refractivity contribution in [1.29, 1.82) is 0 Å². The van der Waals surface area contributed by atoms with Gasteiger partial charge < -0.3 is 20.4 Å². The smallest absolute Gasteiger partial charge is 0.241 e. The monoisotopic (exact) mass is 733 g/mol. The van der Waals surface area contributed by atoms with Gasteiger partial charge in [-0.25, -0.2) is 19.3 Å². The van der Waals surface area contributed by atoms with E-state index in [-0.39, 0.29) is 0 Å². The van der Waals surface area contributed by atoms with Crippen LogP contribution in [0.2, 0.25) is 0 Å². The second-order valence-electron chi connectivity index (χ2n) is 13.1. The summed E-state index contributed by atoms with van der Waals surface area (Å²) in [5.41, 5.74) is 9.04. The van der Waals surface area contributed by atoms with Gasteiger partial charge in [0.1, 0.15) is 17.5 Å². The van der Waals surface area contributed by atoms with Gasteiger partial charge in [0.15, 0.2) is 11.7 Å². The second-order valence-corrected chi connectivity index (χ2v) is 13.1. The number of nitrogens with zero attached hydrogens (tertiary/aromatic N) is 7. The Morgan fingerprint density at radius 1 is 0.464 bits per heavy atom. The number of guanidine groups is 1. The zero-order chi connectivity index (χ0) is 38.0.